The van der Waals surface area contributed by atoms with Gasteiger partial charge in [0.15, 0.2) is 0 Å². The molecule has 0 atom stereocenters. The maximum absolute atomic E-state index is 5.85. The molecule has 0 bridgehead atoms. The summed E-state index contributed by atoms with van der Waals surface area (Å²) in [6.07, 6.45) is 2.49. The molecule has 0 aromatic heterocycles. The quantitative estimate of drug-likeness (QED) is 0.798. The van der Waals surface area contributed by atoms with E-state index in [-0.39, 0.29) is 0 Å². The van der Waals surface area contributed by atoms with Crippen LogP contribution in [-0.2, 0) is 0 Å². The monoisotopic (exact) mass is 292 g/mol. The molecule has 1 aliphatic rings. The van der Waals surface area contributed by atoms with Crippen LogP contribution in [0.2, 0.25) is 0 Å². The van der Waals surface area contributed by atoms with Gasteiger partial charge in [-0.2, -0.15) is 0 Å². The lowest BCUT2D eigenvalue weighted by Gasteiger charge is -2.33. The largest absolute Gasteiger partial charge is 0.494 e. The average molecular weight is 292 g/mol. The molecule has 0 spiro atoms. The third-order valence-electron chi connectivity index (χ3n) is 4.01. The van der Waals surface area contributed by atoms with E-state index in [9.17, 15) is 0 Å². The molecule has 1 aromatic carbocycles. The molecule has 1 saturated heterocycles. The lowest BCUT2D eigenvalue weighted by atomic mass is 10.1. The topological polar surface area (TPSA) is 33.7 Å². The zero-order chi connectivity index (χ0) is 14.9. The van der Waals surface area contributed by atoms with Crippen molar-refractivity contribution in [3.8, 4) is 11.5 Å². The third-order valence-corrected chi connectivity index (χ3v) is 4.01. The number of likely N-dealkylation sites (N-methyl/N-ethyl adjacent to an activating group) is 1. The molecule has 1 aliphatic heterocycles. The molecule has 21 heavy (non-hydrogen) atoms. The zero-order valence-corrected chi connectivity index (χ0v) is 13.3. The van der Waals surface area contributed by atoms with Gasteiger partial charge < -0.3 is 14.8 Å². The van der Waals surface area contributed by atoms with Gasteiger partial charge in [-0.3, -0.25) is 4.90 Å². The Labute approximate surface area is 128 Å². The van der Waals surface area contributed by atoms with E-state index in [1.807, 2.05) is 31.2 Å². The molecule has 1 N–H and O–H groups in total. The molecule has 1 heterocycles. The van der Waals surface area contributed by atoms with Gasteiger partial charge in [0.25, 0.3) is 0 Å². The summed E-state index contributed by atoms with van der Waals surface area (Å²) in [7, 11) is 0. The van der Waals surface area contributed by atoms with Crippen LogP contribution in [0.4, 0.5) is 0 Å². The highest BCUT2D eigenvalue weighted by Crippen LogP contribution is 2.18. The van der Waals surface area contributed by atoms with E-state index in [0.29, 0.717) is 12.6 Å². The Bertz CT molecular complexity index is 388. The smallest absolute Gasteiger partial charge is 0.119 e. The van der Waals surface area contributed by atoms with Crippen molar-refractivity contribution >= 4 is 0 Å². The van der Waals surface area contributed by atoms with Crippen molar-refractivity contribution in [2.75, 3.05) is 39.4 Å². The fraction of sp³-hybridized carbons (Fsp3) is 0.647. The van der Waals surface area contributed by atoms with Crippen LogP contribution < -0.4 is 14.8 Å². The van der Waals surface area contributed by atoms with E-state index in [4.69, 9.17) is 9.47 Å². The summed E-state index contributed by atoms with van der Waals surface area (Å²) in [6.45, 7) is 10.0. The lowest BCUT2D eigenvalue weighted by molar-refractivity contribution is 0.141. The Morgan fingerprint density at radius 3 is 2.24 bits per heavy atom. The molecular formula is C17H28N2O2. The maximum Gasteiger partial charge on any atom is 0.119 e. The second-order valence-corrected chi connectivity index (χ2v) is 5.36. The van der Waals surface area contributed by atoms with Crippen molar-refractivity contribution in [3.05, 3.63) is 24.3 Å². The van der Waals surface area contributed by atoms with Gasteiger partial charge in [-0.1, -0.05) is 6.92 Å². The van der Waals surface area contributed by atoms with Gasteiger partial charge in [-0.05, 0) is 63.7 Å². The highest BCUT2D eigenvalue weighted by Gasteiger charge is 2.19. The molecule has 0 aliphatic carbocycles. The Morgan fingerprint density at radius 1 is 1.05 bits per heavy atom. The summed E-state index contributed by atoms with van der Waals surface area (Å²) in [5, 5.41) is 3.42. The highest BCUT2D eigenvalue weighted by molar-refractivity contribution is 5.31. The Morgan fingerprint density at radius 2 is 1.67 bits per heavy atom. The molecule has 1 aromatic rings. The van der Waals surface area contributed by atoms with E-state index in [0.717, 1.165) is 44.3 Å². The molecule has 0 radical (unpaired) electrons. The van der Waals surface area contributed by atoms with E-state index in [1.54, 1.807) is 0 Å². The van der Waals surface area contributed by atoms with E-state index in [2.05, 4.69) is 17.1 Å². The van der Waals surface area contributed by atoms with Crippen molar-refractivity contribution in [3.63, 3.8) is 0 Å². The number of nitrogens with zero attached hydrogens (tertiary/aromatic N) is 1. The van der Waals surface area contributed by atoms with Crippen LogP contribution >= 0.6 is 0 Å². The van der Waals surface area contributed by atoms with Crippen LogP contribution in [0.5, 0.6) is 11.5 Å². The first-order valence-electron chi connectivity index (χ1n) is 8.14. The molecule has 2 rings (SSSR count). The normalized spacial score (nSPS) is 16.1. The number of ether oxygens (including phenoxy) is 2. The predicted octanol–water partition coefficient (Wildman–Crippen LogP) is 2.54. The highest BCUT2D eigenvalue weighted by atomic mass is 16.5. The molecule has 0 amide bonds. The minimum atomic E-state index is 0.696. The standard InChI is InChI=1S/C17H28N2O2/c1-3-19(15-9-11-18-12-10-15)13-14-21-17-7-5-16(6-8-17)20-4-2/h5-8,15,18H,3-4,9-14H2,1-2H3. The van der Waals surface area contributed by atoms with Gasteiger partial charge in [0.2, 0.25) is 0 Å². The summed E-state index contributed by atoms with van der Waals surface area (Å²) in [4.78, 5) is 2.54. The average Bonchev–Trinajstić information content (AvgIpc) is 2.54. The molecule has 0 saturated carbocycles. The van der Waals surface area contributed by atoms with E-state index >= 15 is 0 Å². The predicted molar refractivity (Wildman–Crippen MR) is 86.2 cm³/mol. The molecular weight excluding hydrogens is 264 g/mol. The minimum absolute atomic E-state index is 0.696. The van der Waals surface area contributed by atoms with Crippen molar-refractivity contribution in [1.82, 2.24) is 10.2 Å². The van der Waals surface area contributed by atoms with Gasteiger partial charge in [0.05, 0.1) is 6.61 Å². The summed E-state index contributed by atoms with van der Waals surface area (Å²) in [6, 6.07) is 8.59. The molecule has 1 fully saturated rings. The SMILES string of the molecule is CCOc1ccc(OCCN(CC)C2CCNCC2)cc1. The number of hydrogen-bond acceptors (Lipinski definition) is 4. The number of nitrogens with one attached hydrogen (secondary N) is 1. The third kappa shape index (κ3) is 5.21. The van der Waals surface area contributed by atoms with Crippen molar-refractivity contribution in [2.24, 2.45) is 0 Å². The molecule has 118 valence electrons. The number of piperidine rings is 1. The van der Waals surface area contributed by atoms with Crippen molar-refractivity contribution in [2.45, 2.75) is 32.7 Å². The summed E-state index contributed by atoms with van der Waals surface area (Å²) in [5.74, 6) is 1.81. The zero-order valence-electron chi connectivity index (χ0n) is 13.3. The van der Waals surface area contributed by atoms with Crippen molar-refractivity contribution < 1.29 is 9.47 Å². The minimum Gasteiger partial charge on any atom is -0.494 e. The van der Waals surface area contributed by atoms with Gasteiger partial charge in [-0.25, -0.2) is 0 Å². The molecule has 4 heteroatoms. The maximum atomic E-state index is 5.85. The number of benzene rings is 1. The van der Waals surface area contributed by atoms with Crippen molar-refractivity contribution in [1.29, 1.82) is 0 Å². The number of hydrogen-bond donors (Lipinski definition) is 1. The van der Waals surface area contributed by atoms with Crippen LogP contribution in [0.25, 0.3) is 0 Å². The fourth-order valence-electron chi connectivity index (χ4n) is 2.85. The van der Waals surface area contributed by atoms with E-state index in [1.165, 1.54) is 12.8 Å². The summed E-state index contributed by atoms with van der Waals surface area (Å²) < 4.78 is 11.3. The van der Waals surface area contributed by atoms with E-state index < -0.39 is 0 Å². The molecule has 4 nitrogen and oxygen atoms in total. The van der Waals surface area contributed by atoms with Crippen LogP contribution in [0.1, 0.15) is 26.7 Å². The Balaban J connectivity index is 1.73. The second kappa shape index (κ2) is 8.90. The first-order valence-corrected chi connectivity index (χ1v) is 8.14. The summed E-state index contributed by atoms with van der Waals surface area (Å²) in [5.41, 5.74) is 0. The molecule has 0 unspecified atom stereocenters. The Kier molecular flexibility index (Phi) is 6.83. The number of rotatable bonds is 8. The first-order chi connectivity index (χ1) is 10.3. The van der Waals surface area contributed by atoms with Crippen LogP contribution in [0.3, 0.4) is 0 Å². The second-order valence-electron chi connectivity index (χ2n) is 5.36. The van der Waals surface area contributed by atoms with Gasteiger partial charge in [-0.15, -0.1) is 0 Å². The Hall–Kier alpha value is -1.26. The van der Waals surface area contributed by atoms with Crippen LogP contribution in [0.15, 0.2) is 24.3 Å². The van der Waals surface area contributed by atoms with Crippen LogP contribution in [-0.4, -0.2) is 50.3 Å². The van der Waals surface area contributed by atoms with Crippen LogP contribution in [0, 0.1) is 0 Å². The fourth-order valence-corrected chi connectivity index (χ4v) is 2.85. The lowest BCUT2D eigenvalue weighted by Crippen LogP contribution is -2.44. The summed E-state index contributed by atoms with van der Waals surface area (Å²) >= 11 is 0. The first kappa shape index (κ1) is 16.1. The van der Waals surface area contributed by atoms with Gasteiger partial charge in [0.1, 0.15) is 18.1 Å². The van der Waals surface area contributed by atoms with Gasteiger partial charge >= 0.3 is 0 Å². The van der Waals surface area contributed by atoms with Gasteiger partial charge in [0, 0.05) is 12.6 Å².